The van der Waals surface area contributed by atoms with Crippen molar-refractivity contribution in [2.75, 3.05) is 6.54 Å². The van der Waals surface area contributed by atoms with Crippen molar-refractivity contribution in [2.45, 2.75) is 32.7 Å². The Kier molecular flexibility index (Phi) is 5.45. The second-order valence-corrected chi connectivity index (χ2v) is 5.84. The molecule has 19 heavy (non-hydrogen) atoms. The van der Waals surface area contributed by atoms with Crippen molar-refractivity contribution < 1.29 is 4.42 Å². The van der Waals surface area contributed by atoms with Gasteiger partial charge in [0.2, 0.25) is 0 Å². The highest BCUT2D eigenvalue weighted by molar-refractivity contribution is 14.1. The Morgan fingerprint density at radius 1 is 1.16 bits per heavy atom. The van der Waals surface area contributed by atoms with Crippen LogP contribution in [-0.4, -0.2) is 6.54 Å². The fraction of sp³-hybridized carbons (Fsp3) is 0.375. The third kappa shape index (κ3) is 3.83. The number of hydrogen-bond donors (Lipinski definition) is 1. The summed E-state index contributed by atoms with van der Waals surface area (Å²) in [5.41, 5.74) is 2.65. The van der Waals surface area contributed by atoms with Crippen molar-refractivity contribution in [1.82, 2.24) is 5.32 Å². The van der Waals surface area contributed by atoms with E-state index in [1.165, 1.54) is 14.7 Å². The number of benzene rings is 1. The first-order valence-electron chi connectivity index (χ1n) is 6.78. The van der Waals surface area contributed by atoms with Gasteiger partial charge in [0.15, 0.2) is 0 Å². The van der Waals surface area contributed by atoms with E-state index in [1.54, 1.807) is 6.26 Å². The van der Waals surface area contributed by atoms with Crippen molar-refractivity contribution >= 4 is 22.6 Å². The number of likely N-dealkylation sites (N-methyl/N-ethyl adjacent to an activating group) is 1. The van der Waals surface area contributed by atoms with Gasteiger partial charge < -0.3 is 9.73 Å². The molecular formula is C16H20INO. The van der Waals surface area contributed by atoms with Crippen LogP contribution in [0.1, 0.15) is 36.8 Å². The summed E-state index contributed by atoms with van der Waals surface area (Å²) < 4.78 is 6.83. The van der Waals surface area contributed by atoms with Crippen LogP contribution < -0.4 is 5.32 Å². The van der Waals surface area contributed by atoms with Crippen LogP contribution in [0, 0.1) is 3.57 Å². The molecule has 0 saturated heterocycles. The van der Waals surface area contributed by atoms with E-state index in [1.807, 2.05) is 0 Å². The van der Waals surface area contributed by atoms with Crippen LogP contribution in [0.15, 0.2) is 41.0 Å². The Morgan fingerprint density at radius 3 is 2.53 bits per heavy atom. The summed E-state index contributed by atoms with van der Waals surface area (Å²) in [5.74, 6) is 1.09. The third-order valence-corrected chi connectivity index (χ3v) is 4.00. The molecule has 1 aromatic carbocycles. The maximum atomic E-state index is 5.56. The largest absolute Gasteiger partial charge is 0.469 e. The first-order valence-corrected chi connectivity index (χ1v) is 7.86. The molecule has 0 radical (unpaired) electrons. The summed E-state index contributed by atoms with van der Waals surface area (Å²) in [6.07, 6.45) is 3.74. The van der Waals surface area contributed by atoms with Gasteiger partial charge in [0, 0.05) is 21.6 Å². The fourth-order valence-corrected chi connectivity index (χ4v) is 2.70. The molecular weight excluding hydrogens is 349 g/mol. The van der Waals surface area contributed by atoms with E-state index < -0.39 is 0 Å². The molecule has 0 aliphatic rings. The number of halogens is 1. The second-order valence-electron chi connectivity index (χ2n) is 4.59. The summed E-state index contributed by atoms with van der Waals surface area (Å²) in [4.78, 5) is 0. The predicted molar refractivity (Wildman–Crippen MR) is 87.4 cm³/mol. The van der Waals surface area contributed by atoms with Crippen molar-refractivity contribution in [3.63, 3.8) is 0 Å². The molecule has 2 aromatic rings. The minimum atomic E-state index is 0.332. The first-order chi connectivity index (χ1) is 9.24. The Hall–Kier alpha value is -0.810. The Labute approximate surface area is 128 Å². The molecule has 0 fully saturated rings. The summed E-state index contributed by atoms with van der Waals surface area (Å²) in [6.45, 7) is 5.24. The molecule has 0 bridgehead atoms. The third-order valence-electron chi connectivity index (χ3n) is 3.28. The molecule has 0 aliphatic heterocycles. The topological polar surface area (TPSA) is 25.2 Å². The van der Waals surface area contributed by atoms with E-state index in [9.17, 15) is 0 Å². The van der Waals surface area contributed by atoms with Gasteiger partial charge in [0.25, 0.3) is 0 Å². The van der Waals surface area contributed by atoms with E-state index in [-0.39, 0.29) is 0 Å². The maximum Gasteiger partial charge on any atom is 0.108 e. The highest BCUT2D eigenvalue weighted by Gasteiger charge is 2.16. The molecule has 3 heteroatoms. The zero-order valence-corrected chi connectivity index (χ0v) is 13.6. The summed E-state index contributed by atoms with van der Waals surface area (Å²) in [7, 11) is 0. The van der Waals surface area contributed by atoms with Gasteiger partial charge in [-0.05, 0) is 59.3 Å². The monoisotopic (exact) mass is 369 g/mol. The van der Waals surface area contributed by atoms with Crippen molar-refractivity contribution in [1.29, 1.82) is 0 Å². The zero-order chi connectivity index (χ0) is 13.7. The highest BCUT2D eigenvalue weighted by atomic mass is 127. The quantitative estimate of drug-likeness (QED) is 0.767. The normalized spacial score (nSPS) is 12.6. The lowest BCUT2D eigenvalue weighted by Crippen LogP contribution is -2.23. The Bertz CT molecular complexity index is 504. The van der Waals surface area contributed by atoms with Crippen LogP contribution >= 0.6 is 22.6 Å². The number of rotatable bonds is 6. The van der Waals surface area contributed by atoms with Crippen LogP contribution in [-0.2, 0) is 12.8 Å². The molecule has 102 valence electrons. The molecule has 0 aliphatic carbocycles. The van der Waals surface area contributed by atoms with Crippen LogP contribution in [0.3, 0.4) is 0 Å². The number of aryl methyl sites for hydroxylation is 1. The van der Waals surface area contributed by atoms with Crippen molar-refractivity contribution in [3.8, 4) is 0 Å². The van der Waals surface area contributed by atoms with Gasteiger partial charge in [0.1, 0.15) is 5.76 Å². The average Bonchev–Trinajstić information content (AvgIpc) is 2.89. The lowest BCUT2D eigenvalue weighted by atomic mass is 9.98. The fourth-order valence-electron chi connectivity index (χ4n) is 2.34. The van der Waals surface area contributed by atoms with Crippen molar-refractivity contribution in [2.24, 2.45) is 0 Å². The van der Waals surface area contributed by atoms with E-state index in [0.717, 1.165) is 25.1 Å². The summed E-state index contributed by atoms with van der Waals surface area (Å²) >= 11 is 2.34. The zero-order valence-electron chi connectivity index (χ0n) is 11.4. The predicted octanol–water partition coefficient (Wildman–Crippen LogP) is 4.34. The van der Waals surface area contributed by atoms with E-state index in [0.29, 0.717) is 6.04 Å². The summed E-state index contributed by atoms with van der Waals surface area (Å²) in [5, 5.41) is 3.56. The molecule has 1 atom stereocenters. The van der Waals surface area contributed by atoms with E-state index >= 15 is 0 Å². The van der Waals surface area contributed by atoms with E-state index in [4.69, 9.17) is 4.42 Å². The second kappa shape index (κ2) is 7.10. The smallest absolute Gasteiger partial charge is 0.108 e. The molecule has 1 aromatic heterocycles. The minimum Gasteiger partial charge on any atom is -0.469 e. The lowest BCUT2D eigenvalue weighted by molar-refractivity contribution is 0.487. The molecule has 0 saturated carbocycles. The molecule has 1 N–H and O–H groups in total. The standard InChI is InChI=1S/C16H20INO/c1-3-16-14(9-10-19-16)15(18-4-2)11-12-5-7-13(17)8-6-12/h5-10,15,18H,3-4,11H2,1-2H3. The molecule has 1 unspecified atom stereocenters. The van der Waals surface area contributed by atoms with Gasteiger partial charge in [-0.1, -0.05) is 26.0 Å². The average molecular weight is 369 g/mol. The molecule has 1 heterocycles. The van der Waals surface area contributed by atoms with Crippen LogP contribution in [0.25, 0.3) is 0 Å². The molecule has 2 rings (SSSR count). The number of furan rings is 1. The highest BCUT2D eigenvalue weighted by Crippen LogP contribution is 2.24. The number of hydrogen-bond acceptors (Lipinski definition) is 2. The molecule has 2 nitrogen and oxygen atoms in total. The SMILES string of the molecule is CCNC(Cc1ccc(I)cc1)c1ccoc1CC. The van der Waals surface area contributed by atoms with E-state index in [2.05, 4.69) is 72.1 Å². The van der Waals surface area contributed by atoms with Crippen LogP contribution in [0.4, 0.5) is 0 Å². The van der Waals surface area contributed by atoms with Crippen molar-refractivity contribution in [3.05, 3.63) is 57.1 Å². The van der Waals surface area contributed by atoms with Gasteiger partial charge in [-0.15, -0.1) is 0 Å². The van der Waals surface area contributed by atoms with Gasteiger partial charge >= 0.3 is 0 Å². The van der Waals surface area contributed by atoms with Gasteiger partial charge in [0.05, 0.1) is 6.26 Å². The summed E-state index contributed by atoms with van der Waals surface area (Å²) in [6, 6.07) is 11.2. The Balaban J connectivity index is 2.18. The lowest BCUT2D eigenvalue weighted by Gasteiger charge is -2.18. The Morgan fingerprint density at radius 2 is 1.89 bits per heavy atom. The van der Waals surface area contributed by atoms with Gasteiger partial charge in [-0.25, -0.2) is 0 Å². The van der Waals surface area contributed by atoms with Gasteiger partial charge in [-0.3, -0.25) is 0 Å². The maximum absolute atomic E-state index is 5.56. The molecule has 0 spiro atoms. The van der Waals surface area contributed by atoms with Gasteiger partial charge in [-0.2, -0.15) is 0 Å². The van der Waals surface area contributed by atoms with Crippen LogP contribution in [0.5, 0.6) is 0 Å². The molecule has 0 amide bonds. The number of nitrogens with one attached hydrogen (secondary N) is 1. The van der Waals surface area contributed by atoms with Crippen LogP contribution in [0.2, 0.25) is 0 Å². The first kappa shape index (κ1) is 14.6. The minimum absolute atomic E-state index is 0.332.